The molecule has 21 heavy (non-hydrogen) atoms. The zero-order chi connectivity index (χ0) is 15.1. The van der Waals surface area contributed by atoms with Crippen molar-refractivity contribution < 1.29 is 18.3 Å². The summed E-state index contributed by atoms with van der Waals surface area (Å²) < 4.78 is 41.2. The van der Waals surface area contributed by atoms with Crippen LogP contribution in [-0.4, -0.2) is 5.11 Å². The maximum absolute atomic E-state index is 13.9. The van der Waals surface area contributed by atoms with E-state index in [-0.39, 0.29) is 15.9 Å². The Morgan fingerprint density at radius 2 is 1.76 bits per heavy atom. The zero-order valence-corrected chi connectivity index (χ0v) is 12.8. The minimum absolute atomic E-state index is 0.00522. The Morgan fingerprint density at radius 3 is 2.52 bits per heavy atom. The molecule has 1 aromatic heterocycles. The monoisotopic (exact) mass is 372 g/mol. The van der Waals surface area contributed by atoms with Crippen molar-refractivity contribution in [2.24, 2.45) is 0 Å². The van der Waals surface area contributed by atoms with E-state index < -0.39 is 17.7 Å². The molecule has 1 atom stereocenters. The maximum atomic E-state index is 13.9. The fraction of sp³-hybridized carbons (Fsp3) is 0.0667. The van der Waals surface area contributed by atoms with Crippen molar-refractivity contribution in [1.29, 1.82) is 0 Å². The molecule has 1 nitrogen and oxygen atoms in total. The van der Waals surface area contributed by atoms with Crippen LogP contribution in [0.4, 0.5) is 13.2 Å². The van der Waals surface area contributed by atoms with Gasteiger partial charge in [0.2, 0.25) is 0 Å². The number of halogens is 4. The van der Waals surface area contributed by atoms with Gasteiger partial charge in [-0.1, -0.05) is 6.07 Å². The van der Waals surface area contributed by atoms with Gasteiger partial charge in [-0.2, -0.15) is 0 Å². The van der Waals surface area contributed by atoms with Gasteiger partial charge in [0.15, 0.2) is 0 Å². The van der Waals surface area contributed by atoms with Crippen LogP contribution < -0.4 is 0 Å². The molecular formula is C15H8BrF3OS. The molecule has 0 fully saturated rings. The molecular weight excluding hydrogens is 365 g/mol. The Balaban J connectivity index is 2.07. The van der Waals surface area contributed by atoms with Gasteiger partial charge in [0, 0.05) is 15.1 Å². The molecule has 108 valence electrons. The highest BCUT2D eigenvalue weighted by Gasteiger charge is 2.20. The lowest BCUT2D eigenvalue weighted by molar-refractivity contribution is 0.218. The first-order chi connectivity index (χ1) is 9.95. The molecule has 2 aromatic carbocycles. The van der Waals surface area contributed by atoms with Gasteiger partial charge in [0.05, 0.1) is 4.47 Å². The summed E-state index contributed by atoms with van der Waals surface area (Å²) in [5, 5.41) is 11.0. The quantitative estimate of drug-likeness (QED) is 0.615. The van der Waals surface area contributed by atoms with E-state index in [4.69, 9.17) is 0 Å². The van der Waals surface area contributed by atoms with Gasteiger partial charge >= 0.3 is 0 Å². The normalized spacial score (nSPS) is 12.8. The van der Waals surface area contributed by atoms with Crippen LogP contribution in [0.15, 0.2) is 40.9 Å². The number of aliphatic hydroxyl groups is 1. The third kappa shape index (κ3) is 2.71. The lowest BCUT2D eigenvalue weighted by Gasteiger charge is -2.10. The number of fused-ring (bicyclic) bond motifs is 1. The summed E-state index contributed by atoms with van der Waals surface area (Å²) in [5.41, 5.74) is -0.150. The summed E-state index contributed by atoms with van der Waals surface area (Å²) >= 11 is 4.03. The van der Waals surface area contributed by atoms with Crippen LogP contribution in [0.2, 0.25) is 0 Å². The van der Waals surface area contributed by atoms with Crippen molar-refractivity contribution in [2.75, 3.05) is 0 Å². The standard InChI is InChI=1S/C15H8BrF3OS/c16-10-6-11(18)9(5-12(10)19)15(20)14-3-7-1-2-8(17)4-13(7)21-14/h1-6,15,20H. The first-order valence-corrected chi connectivity index (χ1v) is 7.58. The first kappa shape index (κ1) is 14.6. The Morgan fingerprint density at radius 1 is 1.00 bits per heavy atom. The topological polar surface area (TPSA) is 20.2 Å². The number of thiophene rings is 1. The second-order valence-electron chi connectivity index (χ2n) is 4.52. The van der Waals surface area contributed by atoms with E-state index in [0.29, 0.717) is 9.58 Å². The molecule has 3 aromatic rings. The third-order valence-corrected chi connectivity index (χ3v) is 4.86. The van der Waals surface area contributed by atoms with Crippen LogP contribution in [0.1, 0.15) is 16.5 Å². The Kier molecular flexibility index (Phi) is 3.77. The van der Waals surface area contributed by atoms with E-state index in [9.17, 15) is 18.3 Å². The molecule has 0 aliphatic heterocycles. The Hall–Kier alpha value is -1.37. The van der Waals surface area contributed by atoms with Gasteiger partial charge in [-0.05, 0) is 51.6 Å². The van der Waals surface area contributed by atoms with Crippen LogP contribution in [0.5, 0.6) is 0 Å². The molecule has 0 aliphatic rings. The molecule has 3 rings (SSSR count). The highest BCUT2D eigenvalue weighted by Crippen LogP contribution is 2.35. The number of hydrogen-bond acceptors (Lipinski definition) is 2. The summed E-state index contributed by atoms with van der Waals surface area (Å²) in [7, 11) is 0. The van der Waals surface area contributed by atoms with Crippen LogP contribution in [0.25, 0.3) is 10.1 Å². The Labute approximate surface area is 130 Å². The number of benzene rings is 2. The molecule has 1 N–H and O–H groups in total. The predicted octanol–water partition coefficient (Wildman–Crippen LogP) is 5.16. The second kappa shape index (κ2) is 5.44. The van der Waals surface area contributed by atoms with E-state index in [1.54, 1.807) is 12.1 Å². The van der Waals surface area contributed by atoms with Gasteiger partial charge in [0.25, 0.3) is 0 Å². The summed E-state index contributed by atoms with van der Waals surface area (Å²) in [6.07, 6.45) is -1.30. The van der Waals surface area contributed by atoms with Crippen LogP contribution in [0.3, 0.4) is 0 Å². The van der Waals surface area contributed by atoms with E-state index in [0.717, 1.165) is 28.9 Å². The smallest absolute Gasteiger partial charge is 0.137 e. The minimum Gasteiger partial charge on any atom is -0.383 e. The molecule has 1 heterocycles. The van der Waals surface area contributed by atoms with Crippen molar-refractivity contribution in [3.63, 3.8) is 0 Å². The number of aliphatic hydroxyl groups excluding tert-OH is 1. The molecule has 1 unspecified atom stereocenters. The van der Waals surface area contributed by atoms with Gasteiger partial charge in [0.1, 0.15) is 23.6 Å². The summed E-state index contributed by atoms with van der Waals surface area (Å²) in [6, 6.07) is 7.80. The zero-order valence-electron chi connectivity index (χ0n) is 10.4. The van der Waals surface area contributed by atoms with Gasteiger partial charge in [-0.3, -0.25) is 0 Å². The molecule has 0 radical (unpaired) electrons. The average molecular weight is 373 g/mol. The average Bonchev–Trinajstić information content (AvgIpc) is 2.85. The second-order valence-corrected chi connectivity index (χ2v) is 6.49. The molecule has 0 saturated heterocycles. The highest BCUT2D eigenvalue weighted by atomic mass is 79.9. The Bertz CT molecular complexity index is 831. The maximum Gasteiger partial charge on any atom is 0.137 e. The molecule has 0 amide bonds. The van der Waals surface area contributed by atoms with Crippen LogP contribution in [0, 0.1) is 17.5 Å². The predicted molar refractivity (Wildman–Crippen MR) is 79.9 cm³/mol. The summed E-state index contributed by atoms with van der Waals surface area (Å²) in [5.74, 6) is -1.75. The first-order valence-electron chi connectivity index (χ1n) is 5.97. The highest BCUT2D eigenvalue weighted by molar-refractivity contribution is 9.10. The lowest BCUT2D eigenvalue weighted by atomic mass is 10.1. The fourth-order valence-corrected chi connectivity index (χ4v) is 3.47. The SMILES string of the molecule is OC(c1cc2ccc(F)cc2s1)c1cc(F)c(Br)cc1F. The van der Waals surface area contributed by atoms with Gasteiger partial charge < -0.3 is 5.11 Å². The van der Waals surface area contributed by atoms with Crippen molar-refractivity contribution in [3.05, 3.63) is 68.8 Å². The molecule has 6 heteroatoms. The molecule has 0 bridgehead atoms. The molecule has 0 aliphatic carbocycles. The van der Waals surface area contributed by atoms with E-state index in [1.165, 1.54) is 12.1 Å². The molecule has 0 saturated carbocycles. The third-order valence-electron chi connectivity index (χ3n) is 3.10. The van der Waals surface area contributed by atoms with Crippen molar-refractivity contribution >= 4 is 37.4 Å². The van der Waals surface area contributed by atoms with E-state index >= 15 is 0 Å². The van der Waals surface area contributed by atoms with Gasteiger partial charge in [-0.25, -0.2) is 13.2 Å². The van der Waals surface area contributed by atoms with E-state index in [2.05, 4.69) is 15.9 Å². The van der Waals surface area contributed by atoms with Crippen LogP contribution in [-0.2, 0) is 0 Å². The fourth-order valence-electron chi connectivity index (χ4n) is 2.06. The van der Waals surface area contributed by atoms with Crippen molar-refractivity contribution in [1.82, 2.24) is 0 Å². The number of hydrogen-bond donors (Lipinski definition) is 1. The number of rotatable bonds is 2. The van der Waals surface area contributed by atoms with E-state index in [1.807, 2.05) is 0 Å². The summed E-state index contributed by atoms with van der Waals surface area (Å²) in [6.45, 7) is 0. The van der Waals surface area contributed by atoms with Gasteiger partial charge in [-0.15, -0.1) is 11.3 Å². The van der Waals surface area contributed by atoms with Crippen molar-refractivity contribution in [3.8, 4) is 0 Å². The van der Waals surface area contributed by atoms with Crippen LogP contribution >= 0.6 is 27.3 Å². The minimum atomic E-state index is -1.30. The summed E-state index contributed by atoms with van der Waals surface area (Å²) in [4.78, 5) is 0.427. The van der Waals surface area contributed by atoms with Crippen molar-refractivity contribution in [2.45, 2.75) is 6.10 Å². The lowest BCUT2D eigenvalue weighted by Crippen LogP contribution is -2.02. The molecule has 0 spiro atoms. The largest absolute Gasteiger partial charge is 0.383 e.